The number of alkyl halides is 3. The summed E-state index contributed by atoms with van der Waals surface area (Å²) in [7, 11) is 1.83. The monoisotopic (exact) mass is 302 g/mol. The molecule has 0 bridgehead atoms. The second-order valence-corrected chi connectivity index (χ2v) is 5.48. The van der Waals surface area contributed by atoms with E-state index in [0.717, 1.165) is 32.6 Å². The molecule has 2 N–H and O–H groups in total. The summed E-state index contributed by atoms with van der Waals surface area (Å²) in [6.45, 7) is 2.10. The van der Waals surface area contributed by atoms with Gasteiger partial charge in [-0.1, -0.05) is 6.07 Å². The lowest BCUT2D eigenvalue weighted by atomic mass is 9.99. The Bertz CT molecular complexity index is 470. The second kappa shape index (κ2) is 6.66. The van der Waals surface area contributed by atoms with Gasteiger partial charge in [-0.3, -0.25) is 0 Å². The number of benzene rings is 1. The summed E-state index contributed by atoms with van der Waals surface area (Å²) in [4.78, 5) is 1.88. The molecule has 1 saturated heterocycles. The smallest absolute Gasteiger partial charge is 0.381 e. The number of ether oxygens (including phenoxy) is 1. The molecular weight excluding hydrogens is 281 g/mol. The topological polar surface area (TPSA) is 38.5 Å². The number of halogens is 3. The Hall–Kier alpha value is -1.27. The van der Waals surface area contributed by atoms with Crippen LogP contribution in [0.25, 0.3) is 0 Å². The zero-order chi connectivity index (χ0) is 15.5. The number of nitrogens with two attached hydrogens (primary N) is 1. The first-order valence-corrected chi connectivity index (χ1v) is 7.11. The standard InChI is InChI=1S/C15H21F3N2O/c1-20(10-11-4-6-21-7-5-11)13-3-2-12(9-19)14(8-13)15(16,17)18/h2-3,8,11H,4-7,9-10,19H2,1H3. The van der Waals surface area contributed by atoms with Gasteiger partial charge in [0.1, 0.15) is 0 Å². The van der Waals surface area contributed by atoms with E-state index >= 15 is 0 Å². The molecule has 0 unspecified atom stereocenters. The largest absolute Gasteiger partial charge is 0.416 e. The first-order chi connectivity index (χ1) is 9.91. The molecule has 0 atom stereocenters. The van der Waals surface area contributed by atoms with Gasteiger partial charge in [0.25, 0.3) is 0 Å². The van der Waals surface area contributed by atoms with Gasteiger partial charge >= 0.3 is 6.18 Å². The lowest BCUT2D eigenvalue weighted by molar-refractivity contribution is -0.138. The molecular formula is C15H21F3N2O. The van der Waals surface area contributed by atoms with Crippen LogP contribution >= 0.6 is 0 Å². The zero-order valence-electron chi connectivity index (χ0n) is 12.1. The third-order valence-corrected chi connectivity index (χ3v) is 3.93. The Morgan fingerprint density at radius 2 is 1.95 bits per heavy atom. The van der Waals surface area contributed by atoms with Gasteiger partial charge in [-0.2, -0.15) is 13.2 Å². The molecule has 1 aromatic carbocycles. The minimum absolute atomic E-state index is 0.112. The van der Waals surface area contributed by atoms with E-state index in [0.29, 0.717) is 11.6 Å². The van der Waals surface area contributed by atoms with Crippen LogP contribution in [0.3, 0.4) is 0 Å². The van der Waals surface area contributed by atoms with E-state index in [9.17, 15) is 13.2 Å². The molecule has 0 aromatic heterocycles. The normalized spacial score (nSPS) is 17.0. The van der Waals surface area contributed by atoms with Crippen LogP contribution in [-0.4, -0.2) is 26.8 Å². The van der Waals surface area contributed by atoms with Crippen molar-refractivity contribution in [1.82, 2.24) is 0 Å². The SMILES string of the molecule is CN(CC1CCOCC1)c1ccc(CN)c(C(F)(F)F)c1. The van der Waals surface area contributed by atoms with Crippen LogP contribution in [0.15, 0.2) is 18.2 Å². The number of rotatable bonds is 4. The Labute approximate surface area is 122 Å². The van der Waals surface area contributed by atoms with Gasteiger partial charge in [-0.15, -0.1) is 0 Å². The van der Waals surface area contributed by atoms with E-state index in [-0.39, 0.29) is 12.1 Å². The minimum atomic E-state index is -4.37. The summed E-state index contributed by atoms with van der Waals surface area (Å²) in [5.41, 5.74) is 5.46. The molecule has 0 spiro atoms. The van der Waals surface area contributed by atoms with Crippen molar-refractivity contribution >= 4 is 5.69 Å². The van der Waals surface area contributed by atoms with Crippen LogP contribution in [-0.2, 0) is 17.5 Å². The molecule has 6 heteroatoms. The quantitative estimate of drug-likeness (QED) is 0.929. The maximum Gasteiger partial charge on any atom is 0.416 e. The molecule has 0 aliphatic carbocycles. The van der Waals surface area contributed by atoms with E-state index < -0.39 is 11.7 Å². The summed E-state index contributed by atoms with van der Waals surface area (Å²) < 4.78 is 44.4. The third-order valence-electron chi connectivity index (χ3n) is 3.93. The van der Waals surface area contributed by atoms with E-state index in [4.69, 9.17) is 10.5 Å². The molecule has 0 saturated carbocycles. The fourth-order valence-electron chi connectivity index (χ4n) is 2.67. The highest BCUT2D eigenvalue weighted by molar-refractivity contribution is 5.51. The summed E-state index contributed by atoms with van der Waals surface area (Å²) in [5.74, 6) is 0.465. The van der Waals surface area contributed by atoms with Gasteiger partial charge in [-0.05, 0) is 36.5 Å². The molecule has 3 nitrogen and oxygen atoms in total. The Kier molecular flexibility index (Phi) is 5.11. The van der Waals surface area contributed by atoms with Crippen LogP contribution in [0.5, 0.6) is 0 Å². The first-order valence-electron chi connectivity index (χ1n) is 7.11. The van der Waals surface area contributed by atoms with Gasteiger partial charge in [0.15, 0.2) is 0 Å². The number of hydrogen-bond donors (Lipinski definition) is 1. The molecule has 2 rings (SSSR count). The minimum Gasteiger partial charge on any atom is -0.381 e. The highest BCUT2D eigenvalue weighted by Crippen LogP contribution is 2.34. The lowest BCUT2D eigenvalue weighted by Crippen LogP contribution is -2.29. The van der Waals surface area contributed by atoms with Crippen LogP contribution in [0.2, 0.25) is 0 Å². The lowest BCUT2D eigenvalue weighted by Gasteiger charge is -2.29. The molecule has 1 aromatic rings. The third kappa shape index (κ3) is 4.11. The van der Waals surface area contributed by atoms with Crippen LogP contribution < -0.4 is 10.6 Å². The number of nitrogens with zero attached hydrogens (tertiary/aromatic N) is 1. The van der Waals surface area contributed by atoms with E-state index in [1.54, 1.807) is 6.07 Å². The highest BCUT2D eigenvalue weighted by Gasteiger charge is 2.33. The van der Waals surface area contributed by atoms with E-state index in [1.807, 2.05) is 11.9 Å². The van der Waals surface area contributed by atoms with Crippen molar-refractivity contribution in [2.24, 2.45) is 11.7 Å². The van der Waals surface area contributed by atoms with E-state index in [2.05, 4.69) is 0 Å². The van der Waals surface area contributed by atoms with E-state index in [1.165, 1.54) is 12.1 Å². The fourth-order valence-corrected chi connectivity index (χ4v) is 2.67. The van der Waals surface area contributed by atoms with Crippen LogP contribution in [0, 0.1) is 5.92 Å². The average Bonchev–Trinajstić information content (AvgIpc) is 2.46. The molecule has 1 fully saturated rings. The van der Waals surface area contributed by atoms with Gasteiger partial charge in [0, 0.05) is 39.0 Å². The van der Waals surface area contributed by atoms with Gasteiger partial charge in [0.05, 0.1) is 5.56 Å². The summed E-state index contributed by atoms with van der Waals surface area (Å²) >= 11 is 0. The van der Waals surface area contributed by atoms with Gasteiger partial charge in [0.2, 0.25) is 0 Å². The average molecular weight is 302 g/mol. The first kappa shape index (κ1) is 16.1. The van der Waals surface area contributed by atoms with Crippen molar-refractivity contribution in [2.75, 3.05) is 31.7 Å². The summed E-state index contributed by atoms with van der Waals surface area (Å²) in [6, 6.07) is 4.37. The molecule has 1 aliphatic rings. The second-order valence-electron chi connectivity index (χ2n) is 5.48. The number of anilines is 1. The van der Waals surface area contributed by atoms with Gasteiger partial charge in [-0.25, -0.2) is 0 Å². The van der Waals surface area contributed by atoms with Crippen molar-refractivity contribution in [3.05, 3.63) is 29.3 Å². The summed E-state index contributed by atoms with van der Waals surface area (Å²) in [6.07, 6.45) is -2.46. The van der Waals surface area contributed by atoms with Crippen LogP contribution in [0.4, 0.5) is 18.9 Å². The molecule has 118 valence electrons. The summed E-state index contributed by atoms with van der Waals surface area (Å²) in [5, 5.41) is 0. The van der Waals surface area contributed by atoms with Crippen molar-refractivity contribution in [1.29, 1.82) is 0 Å². The molecule has 21 heavy (non-hydrogen) atoms. The Morgan fingerprint density at radius 1 is 1.29 bits per heavy atom. The van der Waals surface area contributed by atoms with Gasteiger partial charge < -0.3 is 15.4 Å². The molecule has 1 heterocycles. The van der Waals surface area contributed by atoms with Crippen molar-refractivity contribution in [3.8, 4) is 0 Å². The maximum atomic E-state index is 13.0. The predicted molar refractivity (Wildman–Crippen MR) is 76.1 cm³/mol. The van der Waals surface area contributed by atoms with Crippen molar-refractivity contribution < 1.29 is 17.9 Å². The van der Waals surface area contributed by atoms with Crippen molar-refractivity contribution in [3.63, 3.8) is 0 Å². The fraction of sp³-hybridized carbons (Fsp3) is 0.600. The molecule has 1 aliphatic heterocycles. The van der Waals surface area contributed by atoms with Crippen molar-refractivity contribution in [2.45, 2.75) is 25.6 Å². The zero-order valence-corrected chi connectivity index (χ0v) is 12.1. The molecule has 0 amide bonds. The highest BCUT2D eigenvalue weighted by atomic mass is 19.4. The number of hydrogen-bond acceptors (Lipinski definition) is 3. The predicted octanol–water partition coefficient (Wildman–Crippen LogP) is 3.03. The maximum absolute atomic E-state index is 13.0. The Morgan fingerprint density at radius 3 is 2.52 bits per heavy atom. The molecule has 0 radical (unpaired) electrons. The van der Waals surface area contributed by atoms with Crippen LogP contribution in [0.1, 0.15) is 24.0 Å². The Balaban J connectivity index is 2.15.